The van der Waals surface area contributed by atoms with Crippen molar-refractivity contribution in [2.24, 2.45) is 5.84 Å². The molecule has 0 spiro atoms. The Morgan fingerprint density at radius 1 is 1.06 bits per heavy atom. The van der Waals surface area contributed by atoms with Gasteiger partial charge in [0.25, 0.3) is 17.2 Å². The number of carbonyl (C=O) groups excluding carboxylic acids is 1. The number of nitrogen functional groups attached to an aromatic ring is 1. The number of hydrazine groups is 1. The van der Waals surface area contributed by atoms with Gasteiger partial charge in [0.1, 0.15) is 5.82 Å². The molecular weight excluding hydrogens is 490 g/mol. The van der Waals surface area contributed by atoms with Gasteiger partial charge in [-0.25, -0.2) is 10.8 Å². The van der Waals surface area contributed by atoms with Gasteiger partial charge >= 0.3 is 0 Å². The Labute approximate surface area is 195 Å². The molecule has 0 unspecified atom stereocenters. The van der Waals surface area contributed by atoms with Crippen LogP contribution in [0.3, 0.4) is 0 Å². The number of hydrogen-bond acceptors (Lipinski definition) is 6. The number of amides is 1. The third-order valence-corrected chi connectivity index (χ3v) is 5.40. The number of nitro benzene ring substituents is 1. The summed E-state index contributed by atoms with van der Waals surface area (Å²) in [5, 5.41) is 11.3. The first-order valence-electron chi connectivity index (χ1n) is 9.63. The highest BCUT2D eigenvalue weighted by molar-refractivity contribution is 9.10. The van der Waals surface area contributed by atoms with Gasteiger partial charge in [-0.2, -0.15) is 0 Å². The van der Waals surface area contributed by atoms with Crippen molar-refractivity contribution in [3.8, 4) is 5.69 Å². The van der Waals surface area contributed by atoms with E-state index in [0.29, 0.717) is 33.5 Å². The van der Waals surface area contributed by atoms with Crippen LogP contribution in [0.15, 0.2) is 76.0 Å². The first-order chi connectivity index (χ1) is 15.9. The molecule has 0 saturated carbocycles. The first kappa shape index (κ1) is 22.1. The van der Waals surface area contributed by atoms with Crippen molar-refractivity contribution in [1.82, 2.24) is 15.0 Å². The lowest BCUT2D eigenvalue weighted by molar-refractivity contribution is -0.384. The maximum absolute atomic E-state index is 13.4. The fraction of sp³-hybridized carbons (Fsp3) is 0. The third-order valence-electron chi connectivity index (χ3n) is 4.90. The summed E-state index contributed by atoms with van der Waals surface area (Å²) in [4.78, 5) is 40.2. The molecule has 0 saturated heterocycles. The van der Waals surface area contributed by atoms with E-state index in [1.807, 2.05) is 0 Å². The standard InChI is InChI=1S/C23H16BrN5O4/c24-16-6-11-20-19(13-16)23(31)28(17-9-4-15(5-10-17)22(30)27-25)21(26-20)12-3-14-1-7-18(8-2-14)29(32)33/h1-13H,25H2,(H,27,30)/b12-3+. The topological polar surface area (TPSA) is 133 Å². The first-order valence-corrected chi connectivity index (χ1v) is 10.4. The molecule has 1 aromatic heterocycles. The van der Waals surface area contributed by atoms with Crippen LogP contribution in [0.25, 0.3) is 28.7 Å². The van der Waals surface area contributed by atoms with E-state index in [1.165, 1.54) is 16.7 Å². The molecule has 9 nitrogen and oxygen atoms in total. The minimum Gasteiger partial charge on any atom is -0.290 e. The van der Waals surface area contributed by atoms with E-state index in [0.717, 1.165) is 4.47 Å². The van der Waals surface area contributed by atoms with Gasteiger partial charge in [0.15, 0.2) is 0 Å². The van der Waals surface area contributed by atoms with Crippen molar-refractivity contribution < 1.29 is 9.72 Å². The molecule has 4 rings (SSSR count). The lowest BCUT2D eigenvalue weighted by Crippen LogP contribution is -2.30. The lowest BCUT2D eigenvalue weighted by atomic mass is 10.1. The zero-order valence-corrected chi connectivity index (χ0v) is 18.5. The Kier molecular flexibility index (Phi) is 6.11. The average molecular weight is 506 g/mol. The molecule has 0 aliphatic heterocycles. The minimum absolute atomic E-state index is 0.0138. The minimum atomic E-state index is -0.469. The number of nitrogens with two attached hydrogens (primary N) is 1. The fourth-order valence-corrected chi connectivity index (χ4v) is 3.62. The quantitative estimate of drug-likeness (QED) is 0.183. The van der Waals surface area contributed by atoms with E-state index in [2.05, 4.69) is 26.3 Å². The number of nitrogens with zero attached hydrogens (tertiary/aromatic N) is 3. The van der Waals surface area contributed by atoms with Gasteiger partial charge in [-0.15, -0.1) is 0 Å². The van der Waals surface area contributed by atoms with Crippen molar-refractivity contribution in [2.75, 3.05) is 0 Å². The van der Waals surface area contributed by atoms with Crippen LogP contribution in [-0.4, -0.2) is 20.4 Å². The van der Waals surface area contributed by atoms with Gasteiger partial charge in [-0.1, -0.05) is 22.0 Å². The molecule has 0 atom stereocenters. The van der Waals surface area contributed by atoms with Crippen LogP contribution < -0.4 is 16.8 Å². The number of hydrogen-bond donors (Lipinski definition) is 2. The highest BCUT2D eigenvalue weighted by Crippen LogP contribution is 2.20. The molecule has 0 radical (unpaired) electrons. The normalized spacial score (nSPS) is 11.1. The Morgan fingerprint density at radius 2 is 1.76 bits per heavy atom. The number of carbonyl (C=O) groups is 1. The highest BCUT2D eigenvalue weighted by atomic mass is 79.9. The van der Waals surface area contributed by atoms with Gasteiger partial charge in [0.05, 0.1) is 21.5 Å². The molecule has 3 aromatic carbocycles. The maximum Gasteiger partial charge on any atom is 0.269 e. The summed E-state index contributed by atoms with van der Waals surface area (Å²) in [6.45, 7) is 0. The van der Waals surface area contributed by atoms with Crippen molar-refractivity contribution >= 4 is 50.6 Å². The van der Waals surface area contributed by atoms with Crippen LogP contribution in [0.2, 0.25) is 0 Å². The molecule has 33 heavy (non-hydrogen) atoms. The molecule has 1 amide bonds. The summed E-state index contributed by atoms with van der Waals surface area (Å²) in [6.07, 6.45) is 3.37. The third kappa shape index (κ3) is 4.56. The SMILES string of the molecule is NNC(=O)c1ccc(-n2c(/C=C/c3ccc([N+](=O)[O-])cc3)nc3ccc(Br)cc3c2=O)cc1. The highest BCUT2D eigenvalue weighted by Gasteiger charge is 2.13. The van der Waals surface area contributed by atoms with Gasteiger partial charge < -0.3 is 0 Å². The fourth-order valence-electron chi connectivity index (χ4n) is 3.26. The van der Waals surface area contributed by atoms with Crippen LogP contribution in [0.1, 0.15) is 21.7 Å². The molecule has 0 aliphatic rings. The van der Waals surface area contributed by atoms with Gasteiger partial charge in [-0.3, -0.25) is 29.7 Å². The Bertz CT molecular complexity index is 1460. The van der Waals surface area contributed by atoms with E-state index in [9.17, 15) is 19.7 Å². The van der Waals surface area contributed by atoms with Crippen molar-refractivity contribution in [2.45, 2.75) is 0 Å². The molecular formula is C23H16BrN5O4. The Hall–Kier alpha value is -4.15. The zero-order valence-electron chi connectivity index (χ0n) is 16.9. The molecule has 3 N–H and O–H groups in total. The molecule has 4 aromatic rings. The number of nitrogens with one attached hydrogen (secondary N) is 1. The number of non-ortho nitro benzene ring substituents is 1. The van der Waals surface area contributed by atoms with Crippen LogP contribution >= 0.6 is 15.9 Å². The predicted octanol–water partition coefficient (Wildman–Crippen LogP) is 3.83. The van der Waals surface area contributed by atoms with E-state index < -0.39 is 10.8 Å². The lowest BCUT2D eigenvalue weighted by Gasteiger charge is -2.12. The van der Waals surface area contributed by atoms with E-state index in [1.54, 1.807) is 66.7 Å². The van der Waals surface area contributed by atoms with Gasteiger partial charge in [-0.05, 0) is 66.2 Å². The van der Waals surface area contributed by atoms with E-state index in [-0.39, 0.29) is 11.2 Å². The number of benzene rings is 3. The number of fused-ring (bicyclic) bond motifs is 1. The van der Waals surface area contributed by atoms with E-state index >= 15 is 0 Å². The summed E-state index contributed by atoms with van der Waals surface area (Å²) < 4.78 is 2.17. The second-order valence-corrected chi connectivity index (χ2v) is 7.89. The van der Waals surface area contributed by atoms with Gasteiger partial charge in [0.2, 0.25) is 0 Å². The Morgan fingerprint density at radius 3 is 2.39 bits per heavy atom. The maximum atomic E-state index is 13.4. The molecule has 0 fully saturated rings. The number of nitro groups is 1. The molecule has 0 aliphatic carbocycles. The van der Waals surface area contributed by atoms with Crippen molar-refractivity contribution in [3.05, 3.63) is 109 Å². The molecule has 0 bridgehead atoms. The largest absolute Gasteiger partial charge is 0.290 e. The summed E-state index contributed by atoms with van der Waals surface area (Å²) in [5.41, 5.74) is 3.82. The average Bonchev–Trinajstić information content (AvgIpc) is 2.83. The smallest absolute Gasteiger partial charge is 0.269 e. The summed E-state index contributed by atoms with van der Waals surface area (Å²) in [6, 6.07) is 17.6. The van der Waals surface area contributed by atoms with Crippen LogP contribution in [0.4, 0.5) is 5.69 Å². The second kappa shape index (κ2) is 9.15. The molecule has 10 heteroatoms. The monoisotopic (exact) mass is 505 g/mol. The van der Waals surface area contributed by atoms with Crippen molar-refractivity contribution in [3.63, 3.8) is 0 Å². The predicted molar refractivity (Wildman–Crippen MR) is 129 cm³/mol. The number of rotatable bonds is 5. The van der Waals surface area contributed by atoms with Crippen LogP contribution in [0, 0.1) is 10.1 Å². The summed E-state index contributed by atoms with van der Waals surface area (Å²) >= 11 is 3.38. The summed E-state index contributed by atoms with van der Waals surface area (Å²) in [5.74, 6) is 5.08. The van der Waals surface area contributed by atoms with Crippen LogP contribution in [0.5, 0.6) is 0 Å². The number of aromatic nitrogens is 2. The molecule has 164 valence electrons. The van der Waals surface area contributed by atoms with Gasteiger partial charge in [0, 0.05) is 22.2 Å². The Balaban J connectivity index is 1.85. The molecule has 1 heterocycles. The summed E-state index contributed by atoms with van der Waals surface area (Å²) in [7, 11) is 0. The zero-order chi connectivity index (χ0) is 23.5. The number of halogens is 1. The van der Waals surface area contributed by atoms with Crippen molar-refractivity contribution in [1.29, 1.82) is 0 Å². The van der Waals surface area contributed by atoms with Crippen LogP contribution in [-0.2, 0) is 0 Å². The van der Waals surface area contributed by atoms with E-state index in [4.69, 9.17) is 5.84 Å². The second-order valence-electron chi connectivity index (χ2n) is 6.97.